The summed E-state index contributed by atoms with van der Waals surface area (Å²) in [4.78, 5) is 41.4. The third-order valence-electron chi connectivity index (χ3n) is 5.56. The number of rotatable bonds is 6. The zero-order valence-electron chi connectivity index (χ0n) is 17.7. The standard InChI is InChI=1S/C24H25N3O4/c1-16(28)25-19-9-7-18(8-10-19)21-22(26-13-3-4-14-26)24(30)27(23(21)29)15-17-5-11-20(31-2)12-6-17/h5-12H,3-4,13-15H2,1-2H3,(H,25,28). The number of hydrogen-bond acceptors (Lipinski definition) is 5. The van der Waals surface area contributed by atoms with E-state index >= 15 is 0 Å². The van der Waals surface area contributed by atoms with Gasteiger partial charge in [0.05, 0.1) is 19.2 Å². The Kier molecular flexibility index (Phi) is 5.75. The number of carbonyl (C=O) groups is 3. The molecule has 0 aromatic heterocycles. The van der Waals surface area contributed by atoms with Crippen molar-refractivity contribution < 1.29 is 19.1 Å². The van der Waals surface area contributed by atoms with Crippen molar-refractivity contribution >= 4 is 29.0 Å². The zero-order chi connectivity index (χ0) is 22.0. The minimum Gasteiger partial charge on any atom is -0.497 e. The number of imide groups is 1. The minimum atomic E-state index is -0.296. The second kappa shape index (κ2) is 8.63. The number of methoxy groups -OCH3 is 1. The van der Waals surface area contributed by atoms with Crippen LogP contribution >= 0.6 is 0 Å². The summed E-state index contributed by atoms with van der Waals surface area (Å²) in [5.41, 5.74) is 3.07. The van der Waals surface area contributed by atoms with Crippen LogP contribution in [0, 0.1) is 0 Å². The molecule has 2 aliphatic rings. The molecule has 7 nitrogen and oxygen atoms in total. The average molecular weight is 419 g/mol. The van der Waals surface area contributed by atoms with Crippen molar-refractivity contribution in [3.63, 3.8) is 0 Å². The Morgan fingerprint density at radius 1 is 0.968 bits per heavy atom. The summed E-state index contributed by atoms with van der Waals surface area (Å²) in [7, 11) is 1.60. The fraction of sp³-hybridized carbons (Fsp3) is 0.292. The number of carbonyl (C=O) groups excluding carboxylic acids is 3. The number of anilines is 1. The molecule has 0 atom stereocenters. The SMILES string of the molecule is COc1ccc(CN2C(=O)C(c3ccc(NC(C)=O)cc3)=C(N3CCCC3)C2=O)cc1. The lowest BCUT2D eigenvalue weighted by atomic mass is 10.0. The molecule has 7 heteroatoms. The van der Waals surface area contributed by atoms with Gasteiger partial charge in [0.25, 0.3) is 11.8 Å². The molecule has 160 valence electrons. The zero-order valence-corrected chi connectivity index (χ0v) is 17.7. The van der Waals surface area contributed by atoms with Crippen molar-refractivity contribution in [2.45, 2.75) is 26.3 Å². The van der Waals surface area contributed by atoms with E-state index in [2.05, 4.69) is 5.32 Å². The van der Waals surface area contributed by atoms with Gasteiger partial charge in [-0.1, -0.05) is 24.3 Å². The highest BCUT2D eigenvalue weighted by atomic mass is 16.5. The summed E-state index contributed by atoms with van der Waals surface area (Å²) in [6.07, 6.45) is 2.00. The molecule has 0 unspecified atom stereocenters. The molecule has 2 heterocycles. The van der Waals surface area contributed by atoms with E-state index in [1.807, 2.05) is 29.2 Å². The van der Waals surface area contributed by atoms with Crippen LogP contribution in [0.5, 0.6) is 5.75 Å². The van der Waals surface area contributed by atoms with Gasteiger partial charge < -0.3 is 15.0 Å². The van der Waals surface area contributed by atoms with Gasteiger partial charge in [-0.25, -0.2) is 0 Å². The Hall–Kier alpha value is -3.61. The maximum Gasteiger partial charge on any atom is 0.278 e. The Morgan fingerprint density at radius 2 is 1.61 bits per heavy atom. The predicted octanol–water partition coefficient (Wildman–Crippen LogP) is 3.03. The van der Waals surface area contributed by atoms with Crippen molar-refractivity contribution in [2.24, 2.45) is 0 Å². The summed E-state index contributed by atoms with van der Waals surface area (Å²) in [5, 5.41) is 2.72. The van der Waals surface area contributed by atoms with Gasteiger partial charge in [-0.05, 0) is 48.2 Å². The lowest BCUT2D eigenvalue weighted by molar-refractivity contribution is -0.138. The number of nitrogens with zero attached hydrogens (tertiary/aromatic N) is 2. The smallest absolute Gasteiger partial charge is 0.278 e. The lowest BCUT2D eigenvalue weighted by Gasteiger charge is -2.20. The first-order valence-corrected chi connectivity index (χ1v) is 10.3. The summed E-state index contributed by atoms with van der Waals surface area (Å²) in [5.74, 6) is -0.000172. The fourth-order valence-electron chi connectivity index (χ4n) is 4.04. The molecule has 31 heavy (non-hydrogen) atoms. The van der Waals surface area contributed by atoms with E-state index in [1.54, 1.807) is 31.4 Å². The van der Waals surface area contributed by atoms with Crippen LogP contribution in [0.4, 0.5) is 5.69 Å². The topological polar surface area (TPSA) is 79.0 Å². The normalized spacial score (nSPS) is 16.3. The van der Waals surface area contributed by atoms with Gasteiger partial charge in [0.15, 0.2) is 0 Å². The van der Waals surface area contributed by atoms with E-state index in [4.69, 9.17) is 4.74 Å². The number of amides is 3. The lowest BCUT2D eigenvalue weighted by Crippen LogP contribution is -2.34. The summed E-state index contributed by atoms with van der Waals surface area (Å²) >= 11 is 0. The van der Waals surface area contributed by atoms with Gasteiger partial charge in [-0.2, -0.15) is 0 Å². The van der Waals surface area contributed by atoms with Crippen LogP contribution in [-0.4, -0.2) is 47.7 Å². The molecule has 2 aromatic carbocycles. The van der Waals surface area contributed by atoms with E-state index in [0.717, 1.165) is 37.2 Å². The molecule has 0 saturated carbocycles. The number of likely N-dealkylation sites (tertiary alicyclic amines) is 1. The number of hydrogen-bond donors (Lipinski definition) is 1. The Balaban J connectivity index is 1.66. The summed E-state index contributed by atoms with van der Waals surface area (Å²) in [6.45, 7) is 3.17. The highest BCUT2D eigenvalue weighted by Crippen LogP contribution is 2.34. The van der Waals surface area contributed by atoms with Crippen LogP contribution in [0.25, 0.3) is 5.57 Å². The van der Waals surface area contributed by atoms with Gasteiger partial charge in [-0.15, -0.1) is 0 Å². The Bertz CT molecular complexity index is 1040. The third-order valence-corrected chi connectivity index (χ3v) is 5.56. The van der Waals surface area contributed by atoms with Gasteiger partial charge >= 0.3 is 0 Å². The van der Waals surface area contributed by atoms with Gasteiger partial charge in [0.1, 0.15) is 11.4 Å². The molecule has 1 N–H and O–H groups in total. The second-order valence-corrected chi connectivity index (χ2v) is 7.72. The maximum absolute atomic E-state index is 13.4. The van der Waals surface area contributed by atoms with E-state index < -0.39 is 0 Å². The Morgan fingerprint density at radius 3 is 2.19 bits per heavy atom. The monoisotopic (exact) mass is 419 g/mol. The van der Waals surface area contributed by atoms with Gasteiger partial charge in [0.2, 0.25) is 5.91 Å². The molecule has 1 fully saturated rings. The summed E-state index contributed by atoms with van der Waals surface area (Å²) < 4.78 is 5.19. The molecule has 0 spiro atoms. The van der Waals surface area contributed by atoms with E-state index in [0.29, 0.717) is 22.5 Å². The third kappa shape index (κ3) is 4.17. The first kappa shape index (κ1) is 20.7. The van der Waals surface area contributed by atoms with Gasteiger partial charge in [0, 0.05) is 25.7 Å². The van der Waals surface area contributed by atoms with Crippen LogP contribution < -0.4 is 10.1 Å². The summed E-state index contributed by atoms with van der Waals surface area (Å²) in [6, 6.07) is 14.4. The maximum atomic E-state index is 13.4. The fourth-order valence-corrected chi connectivity index (χ4v) is 4.04. The molecule has 2 aromatic rings. The van der Waals surface area contributed by atoms with Crippen LogP contribution in [0.3, 0.4) is 0 Å². The quantitative estimate of drug-likeness (QED) is 0.728. The van der Waals surface area contributed by atoms with Crippen molar-refractivity contribution in [1.82, 2.24) is 9.80 Å². The highest BCUT2D eigenvalue weighted by Gasteiger charge is 2.42. The molecule has 3 amide bonds. The largest absolute Gasteiger partial charge is 0.497 e. The van der Waals surface area contributed by atoms with Crippen LogP contribution in [0.2, 0.25) is 0 Å². The average Bonchev–Trinajstić information content (AvgIpc) is 3.37. The van der Waals surface area contributed by atoms with Crippen LogP contribution in [-0.2, 0) is 20.9 Å². The first-order valence-electron chi connectivity index (χ1n) is 10.3. The molecule has 2 aliphatic heterocycles. The number of benzene rings is 2. The second-order valence-electron chi connectivity index (χ2n) is 7.72. The van der Waals surface area contributed by atoms with Gasteiger partial charge in [-0.3, -0.25) is 19.3 Å². The van der Waals surface area contributed by atoms with E-state index in [1.165, 1.54) is 11.8 Å². The molecule has 0 radical (unpaired) electrons. The van der Waals surface area contributed by atoms with Crippen molar-refractivity contribution in [3.05, 3.63) is 65.4 Å². The predicted molar refractivity (Wildman–Crippen MR) is 117 cm³/mol. The Labute approximate surface area is 181 Å². The van der Waals surface area contributed by atoms with Crippen LogP contribution in [0.1, 0.15) is 30.9 Å². The minimum absolute atomic E-state index is 0.164. The molecule has 1 saturated heterocycles. The molecular formula is C24H25N3O4. The van der Waals surface area contributed by atoms with Crippen LogP contribution in [0.15, 0.2) is 54.2 Å². The molecule has 0 bridgehead atoms. The number of nitrogens with one attached hydrogen (secondary N) is 1. The molecular weight excluding hydrogens is 394 g/mol. The van der Waals surface area contributed by atoms with Crippen molar-refractivity contribution in [2.75, 3.05) is 25.5 Å². The highest BCUT2D eigenvalue weighted by molar-refractivity contribution is 6.35. The molecule has 0 aliphatic carbocycles. The molecule has 4 rings (SSSR count). The first-order chi connectivity index (χ1) is 15.0. The van der Waals surface area contributed by atoms with Crippen molar-refractivity contribution in [1.29, 1.82) is 0 Å². The van der Waals surface area contributed by atoms with E-state index in [9.17, 15) is 14.4 Å². The van der Waals surface area contributed by atoms with E-state index in [-0.39, 0.29) is 24.3 Å². The number of ether oxygens (including phenoxy) is 1. The van der Waals surface area contributed by atoms with Crippen molar-refractivity contribution in [3.8, 4) is 5.75 Å².